The van der Waals surface area contributed by atoms with Crippen molar-refractivity contribution < 1.29 is 4.79 Å². The molecule has 0 N–H and O–H groups in total. The van der Waals surface area contributed by atoms with Crippen molar-refractivity contribution in [3.05, 3.63) is 24.4 Å². The van der Waals surface area contributed by atoms with E-state index in [4.69, 9.17) is 6.42 Å². The van der Waals surface area contributed by atoms with E-state index in [-0.39, 0.29) is 5.57 Å². The smallest absolute Gasteiger partial charge is 0.237 e. The molecule has 10 heavy (non-hydrogen) atoms. The molecular formula is C8H7NO. The number of allylic oxidation sites excluding steroid dienone is 2. The van der Waals surface area contributed by atoms with E-state index in [0.717, 1.165) is 0 Å². The Morgan fingerprint density at radius 1 is 1.70 bits per heavy atom. The SMILES string of the molecule is C#CC(=O)/C(C=C)=C/N=C. The molecule has 0 unspecified atom stereocenters. The molecule has 0 saturated carbocycles. The van der Waals surface area contributed by atoms with Crippen molar-refractivity contribution in [2.75, 3.05) is 0 Å². The van der Waals surface area contributed by atoms with Gasteiger partial charge in [0.15, 0.2) is 0 Å². The summed E-state index contributed by atoms with van der Waals surface area (Å²) in [5, 5.41) is 0. The molecule has 0 aliphatic rings. The average molecular weight is 133 g/mol. The van der Waals surface area contributed by atoms with Crippen molar-refractivity contribution in [2.45, 2.75) is 0 Å². The van der Waals surface area contributed by atoms with Crippen LogP contribution in [0.5, 0.6) is 0 Å². The molecule has 2 nitrogen and oxygen atoms in total. The predicted molar refractivity (Wildman–Crippen MR) is 41.7 cm³/mol. The zero-order valence-electron chi connectivity index (χ0n) is 5.50. The second-order valence-corrected chi connectivity index (χ2v) is 1.44. The summed E-state index contributed by atoms with van der Waals surface area (Å²) in [6.45, 7) is 6.55. The summed E-state index contributed by atoms with van der Waals surface area (Å²) in [4.78, 5) is 14.0. The Morgan fingerprint density at radius 3 is 2.60 bits per heavy atom. The van der Waals surface area contributed by atoms with Crippen molar-refractivity contribution in [2.24, 2.45) is 4.99 Å². The summed E-state index contributed by atoms with van der Waals surface area (Å²) < 4.78 is 0. The van der Waals surface area contributed by atoms with Crippen LogP contribution in [0.2, 0.25) is 0 Å². The first-order valence-electron chi connectivity index (χ1n) is 2.55. The lowest BCUT2D eigenvalue weighted by Gasteiger charge is -1.87. The lowest BCUT2D eigenvalue weighted by atomic mass is 10.2. The van der Waals surface area contributed by atoms with Crippen LogP contribution in [0.25, 0.3) is 0 Å². The Hall–Kier alpha value is -1.62. The summed E-state index contributed by atoms with van der Waals surface area (Å²) in [5.74, 6) is 1.51. The largest absolute Gasteiger partial charge is 0.279 e. The molecule has 0 atom stereocenters. The van der Waals surface area contributed by atoms with Gasteiger partial charge < -0.3 is 0 Å². The van der Waals surface area contributed by atoms with Gasteiger partial charge in [-0.05, 0) is 12.6 Å². The maximum Gasteiger partial charge on any atom is 0.237 e. The highest BCUT2D eigenvalue weighted by Crippen LogP contribution is 1.95. The fourth-order valence-corrected chi connectivity index (χ4v) is 0.386. The number of terminal acetylenes is 1. The summed E-state index contributed by atoms with van der Waals surface area (Å²) in [5.41, 5.74) is 0.289. The van der Waals surface area contributed by atoms with Gasteiger partial charge in [0.1, 0.15) is 0 Å². The molecule has 0 rings (SSSR count). The van der Waals surface area contributed by atoms with Crippen LogP contribution in [0, 0.1) is 12.3 Å². The van der Waals surface area contributed by atoms with Crippen LogP contribution in [0.3, 0.4) is 0 Å². The molecule has 0 aromatic heterocycles. The molecule has 50 valence electrons. The van der Waals surface area contributed by atoms with Crippen LogP contribution >= 0.6 is 0 Å². The van der Waals surface area contributed by atoms with Gasteiger partial charge in [-0.3, -0.25) is 9.79 Å². The highest BCUT2D eigenvalue weighted by atomic mass is 16.1. The first kappa shape index (κ1) is 8.38. The number of rotatable bonds is 3. The minimum absolute atomic E-state index is 0.289. The van der Waals surface area contributed by atoms with Crippen LogP contribution < -0.4 is 0 Å². The third-order valence-electron chi connectivity index (χ3n) is 0.844. The molecular weight excluding hydrogens is 126 g/mol. The van der Waals surface area contributed by atoms with E-state index in [1.165, 1.54) is 12.3 Å². The van der Waals surface area contributed by atoms with Crippen LogP contribution in [-0.4, -0.2) is 12.5 Å². The maximum atomic E-state index is 10.7. The molecule has 0 heterocycles. The minimum Gasteiger partial charge on any atom is -0.279 e. The first-order valence-corrected chi connectivity index (χ1v) is 2.55. The molecule has 0 aromatic carbocycles. The van der Waals surface area contributed by atoms with Gasteiger partial charge in [-0.2, -0.15) is 0 Å². The molecule has 0 aliphatic heterocycles. The van der Waals surface area contributed by atoms with E-state index in [1.54, 1.807) is 0 Å². The van der Waals surface area contributed by atoms with Gasteiger partial charge in [0.05, 0.1) is 0 Å². The zero-order valence-corrected chi connectivity index (χ0v) is 5.50. The highest BCUT2D eigenvalue weighted by Gasteiger charge is 1.98. The molecule has 0 fully saturated rings. The van der Waals surface area contributed by atoms with E-state index < -0.39 is 5.78 Å². The van der Waals surface area contributed by atoms with Gasteiger partial charge in [0.25, 0.3) is 0 Å². The van der Waals surface area contributed by atoms with Crippen LogP contribution in [0.15, 0.2) is 29.4 Å². The molecule has 0 saturated heterocycles. The quantitative estimate of drug-likeness (QED) is 0.185. The van der Waals surface area contributed by atoms with Gasteiger partial charge in [0.2, 0.25) is 5.78 Å². The van der Waals surface area contributed by atoms with E-state index in [9.17, 15) is 4.79 Å². The van der Waals surface area contributed by atoms with Crippen molar-refractivity contribution in [1.29, 1.82) is 0 Å². The lowest BCUT2D eigenvalue weighted by Crippen LogP contribution is -1.94. The van der Waals surface area contributed by atoms with Gasteiger partial charge in [0, 0.05) is 11.8 Å². The average Bonchev–Trinajstić information content (AvgIpc) is 1.99. The third kappa shape index (κ3) is 2.10. The summed E-state index contributed by atoms with van der Waals surface area (Å²) in [6, 6.07) is 0. The number of hydrogen-bond acceptors (Lipinski definition) is 2. The fraction of sp³-hybridized carbons (Fsp3) is 0. The molecule has 2 heteroatoms. The summed E-state index contributed by atoms with van der Waals surface area (Å²) >= 11 is 0. The van der Waals surface area contributed by atoms with Crippen molar-refractivity contribution in [3.63, 3.8) is 0 Å². The normalized spacial score (nSPS) is 9.70. The molecule has 0 aliphatic carbocycles. The van der Waals surface area contributed by atoms with Gasteiger partial charge >= 0.3 is 0 Å². The Labute approximate surface area is 60.0 Å². The van der Waals surface area contributed by atoms with Gasteiger partial charge in [-0.25, -0.2) is 0 Å². The van der Waals surface area contributed by atoms with Crippen LogP contribution in [0.4, 0.5) is 0 Å². The topological polar surface area (TPSA) is 29.4 Å². The second kappa shape index (κ2) is 4.28. The summed E-state index contributed by atoms with van der Waals surface area (Å²) in [6.07, 6.45) is 7.45. The van der Waals surface area contributed by atoms with Crippen LogP contribution in [0.1, 0.15) is 0 Å². The lowest BCUT2D eigenvalue weighted by molar-refractivity contribution is -0.110. The molecule has 0 bridgehead atoms. The number of nitrogens with zero attached hydrogens (tertiary/aromatic N) is 1. The number of ketones is 1. The fourth-order valence-electron chi connectivity index (χ4n) is 0.386. The van der Waals surface area contributed by atoms with E-state index >= 15 is 0 Å². The Kier molecular flexibility index (Phi) is 3.58. The Balaban J connectivity index is 4.55. The maximum absolute atomic E-state index is 10.7. The van der Waals surface area contributed by atoms with E-state index in [2.05, 4.69) is 18.3 Å². The van der Waals surface area contributed by atoms with E-state index in [0.29, 0.717) is 0 Å². The van der Waals surface area contributed by atoms with Crippen LogP contribution in [-0.2, 0) is 4.79 Å². The third-order valence-corrected chi connectivity index (χ3v) is 0.844. The first-order chi connectivity index (χ1) is 4.76. The number of Topliss-reactive ketones (excluding diaryl/α,β-unsaturated/α-hetero) is 1. The van der Waals surface area contributed by atoms with Crippen molar-refractivity contribution in [1.82, 2.24) is 0 Å². The van der Waals surface area contributed by atoms with Crippen molar-refractivity contribution >= 4 is 12.5 Å². The second-order valence-electron chi connectivity index (χ2n) is 1.44. The molecule has 0 spiro atoms. The monoisotopic (exact) mass is 133 g/mol. The molecule has 0 amide bonds. The van der Waals surface area contributed by atoms with Gasteiger partial charge in [-0.15, -0.1) is 6.42 Å². The minimum atomic E-state index is -0.428. The molecule has 0 radical (unpaired) electrons. The van der Waals surface area contributed by atoms with E-state index in [1.807, 2.05) is 5.92 Å². The number of hydrogen-bond donors (Lipinski definition) is 0. The highest BCUT2D eigenvalue weighted by molar-refractivity contribution is 6.09. The predicted octanol–water partition coefficient (Wildman–Crippen LogP) is 0.959. The number of aliphatic imine (C=N–C) groups is 1. The van der Waals surface area contributed by atoms with Crippen molar-refractivity contribution in [3.8, 4) is 12.3 Å². The zero-order chi connectivity index (χ0) is 7.98. The van der Waals surface area contributed by atoms with Gasteiger partial charge in [-0.1, -0.05) is 12.7 Å². The number of carbonyl (C=O) groups is 1. The Morgan fingerprint density at radius 2 is 2.30 bits per heavy atom. The summed E-state index contributed by atoms with van der Waals surface area (Å²) in [7, 11) is 0. The Bertz CT molecular complexity index is 230. The number of carbonyl (C=O) groups excluding carboxylic acids is 1. The standard InChI is InChI=1S/C8H7NO/c1-4-7(6-9-3)8(10)5-2/h2,4,6H,1,3H2/b7-6+. The molecule has 0 aromatic rings.